The van der Waals surface area contributed by atoms with Crippen LogP contribution in [0.5, 0.6) is 0 Å². The van der Waals surface area contributed by atoms with Crippen LogP contribution in [-0.4, -0.2) is 11.1 Å². The summed E-state index contributed by atoms with van der Waals surface area (Å²) in [5, 5.41) is 7.34. The first-order chi connectivity index (χ1) is 6.66. The number of hydrogen-bond donors (Lipinski definition) is 1. The van der Waals surface area contributed by atoms with Crippen LogP contribution in [-0.2, 0) is 4.79 Å². The standard InChI is InChI=1S/C10H10N2O2/c1-6-3-8-5-11-14-10(8)4-9(6)12-7(2)13/h3-5H,1-2H3,(H,12,13). The number of nitrogens with one attached hydrogen (secondary N) is 1. The highest BCUT2D eigenvalue weighted by atomic mass is 16.5. The van der Waals surface area contributed by atoms with E-state index in [1.165, 1.54) is 6.92 Å². The predicted octanol–water partition coefficient (Wildman–Crippen LogP) is 2.09. The Hall–Kier alpha value is -1.84. The Kier molecular flexibility index (Phi) is 1.96. The van der Waals surface area contributed by atoms with Gasteiger partial charge in [-0.1, -0.05) is 5.16 Å². The summed E-state index contributed by atoms with van der Waals surface area (Å²) in [6.07, 6.45) is 1.65. The van der Waals surface area contributed by atoms with Gasteiger partial charge in [0.15, 0.2) is 5.58 Å². The lowest BCUT2D eigenvalue weighted by Crippen LogP contribution is -2.06. The molecule has 0 saturated carbocycles. The van der Waals surface area contributed by atoms with E-state index in [1.54, 1.807) is 12.3 Å². The minimum Gasteiger partial charge on any atom is -0.356 e. The first kappa shape index (κ1) is 8.74. The van der Waals surface area contributed by atoms with Gasteiger partial charge in [-0.15, -0.1) is 0 Å². The van der Waals surface area contributed by atoms with Gasteiger partial charge in [0.2, 0.25) is 5.91 Å². The first-order valence-corrected chi connectivity index (χ1v) is 4.29. The molecule has 4 nitrogen and oxygen atoms in total. The van der Waals surface area contributed by atoms with E-state index in [0.717, 1.165) is 16.6 Å². The van der Waals surface area contributed by atoms with Gasteiger partial charge in [-0.2, -0.15) is 0 Å². The van der Waals surface area contributed by atoms with Crippen LogP contribution < -0.4 is 5.32 Å². The second-order valence-corrected chi connectivity index (χ2v) is 3.21. The van der Waals surface area contributed by atoms with Crippen LogP contribution in [0.4, 0.5) is 5.69 Å². The summed E-state index contributed by atoms with van der Waals surface area (Å²) in [4.78, 5) is 10.9. The molecule has 2 aromatic rings. The van der Waals surface area contributed by atoms with Crippen molar-refractivity contribution in [1.29, 1.82) is 0 Å². The van der Waals surface area contributed by atoms with Gasteiger partial charge in [0.25, 0.3) is 0 Å². The second-order valence-electron chi connectivity index (χ2n) is 3.21. The Morgan fingerprint density at radius 3 is 3.00 bits per heavy atom. The van der Waals surface area contributed by atoms with Crippen molar-refractivity contribution in [2.45, 2.75) is 13.8 Å². The number of anilines is 1. The van der Waals surface area contributed by atoms with E-state index in [9.17, 15) is 4.79 Å². The Labute approximate surface area is 80.9 Å². The third-order valence-corrected chi connectivity index (χ3v) is 2.01. The summed E-state index contributed by atoms with van der Waals surface area (Å²) in [7, 11) is 0. The fraction of sp³-hybridized carbons (Fsp3) is 0.200. The van der Waals surface area contributed by atoms with Crippen molar-refractivity contribution in [3.8, 4) is 0 Å². The van der Waals surface area contributed by atoms with Crippen LogP contribution in [0.15, 0.2) is 22.9 Å². The SMILES string of the molecule is CC(=O)Nc1cc2oncc2cc1C. The first-order valence-electron chi connectivity index (χ1n) is 4.29. The molecular weight excluding hydrogens is 180 g/mol. The molecule has 0 fully saturated rings. The summed E-state index contributed by atoms with van der Waals surface area (Å²) in [5.74, 6) is -0.0908. The number of benzene rings is 1. The van der Waals surface area contributed by atoms with Crippen molar-refractivity contribution in [1.82, 2.24) is 5.16 Å². The van der Waals surface area contributed by atoms with Crippen molar-refractivity contribution in [3.05, 3.63) is 23.9 Å². The Balaban J connectivity index is 2.53. The zero-order valence-corrected chi connectivity index (χ0v) is 8.00. The Bertz CT molecular complexity index is 488. The summed E-state index contributed by atoms with van der Waals surface area (Å²) in [5.41, 5.74) is 2.44. The molecular formula is C10H10N2O2. The van der Waals surface area contributed by atoms with Crippen molar-refractivity contribution >= 4 is 22.6 Å². The van der Waals surface area contributed by atoms with Gasteiger partial charge < -0.3 is 9.84 Å². The molecule has 0 spiro atoms. The van der Waals surface area contributed by atoms with Crippen molar-refractivity contribution in [2.24, 2.45) is 0 Å². The number of nitrogens with zero attached hydrogens (tertiary/aromatic N) is 1. The van der Waals surface area contributed by atoms with E-state index in [0.29, 0.717) is 5.58 Å². The van der Waals surface area contributed by atoms with Crippen LogP contribution in [0.3, 0.4) is 0 Å². The number of carbonyl (C=O) groups excluding carboxylic acids is 1. The molecule has 1 aromatic carbocycles. The van der Waals surface area contributed by atoms with Gasteiger partial charge >= 0.3 is 0 Å². The van der Waals surface area contributed by atoms with Gasteiger partial charge in [0.05, 0.1) is 6.20 Å². The number of fused-ring (bicyclic) bond motifs is 1. The maximum absolute atomic E-state index is 10.9. The number of aromatic nitrogens is 1. The number of amides is 1. The molecule has 1 aromatic heterocycles. The smallest absolute Gasteiger partial charge is 0.221 e. The fourth-order valence-corrected chi connectivity index (χ4v) is 1.35. The molecule has 72 valence electrons. The minimum absolute atomic E-state index is 0.0908. The van der Waals surface area contributed by atoms with Gasteiger partial charge in [-0.3, -0.25) is 4.79 Å². The molecule has 0 saturated heterocycles. The summed E-state index contributed by atoms with van der Waals surface area (Å²) >= 11 is 0. The fourth-order valence-electron chi connectivity index (χ4n) is 1.35. The number of rotatable bonds is 1. The van der Waals surface area contributed by atoms with Crippen LogP contribution in [0.25, 0.3) is 11.0 Å². The molecule has 0 aliphatic heterocycles. The van der Waals surface area contributed by atoms with Gasteiger partial charge in [-0.25, -0.2) is 0 Å². The van der Waals surface area contributed by atoms with E-state index in [1.807, 2.05) is 13.0 Å². The van der Waals surface area contributed by atoms with E-state index >= 15 is 0 Å². The third-order valence-electron chi connectivity index (χ3n) is 2.01. The van der Waals surface area contributed by atoms with E-state index in [4.69, 9.17) is 4.52 Å². The lowest BCUT2D eigenvalue weighted by atomic mass is 10.1. The highest BCUT2D eigenvalue weighted by Gasteiger charge is 2.05. The monoisotopic (exact) mass is 190 g/mol. The summed E-state index contributed by atoms with van der Waals surface area (Å²) < 4.78 is 4.99. The maximum Gasteiger partial charge on any atom is 0.221 e. The molecule has 0 bridgehead atoms. The average Bonchev–Trinajstić information content (AvgIpc) is 2.51. The minimum atomic E-state index is -0.0908. The number of aryl methyl sites for hydroxylation is 1. The van der Waals surface area contributed by atoms with Crippen molar-refractivity contribution < 1.29 is 9.32 Å². The molecule has 0 aliphatic rings. The average molecular weight is 190 g/mol. The molecule has 4 heteroatoms. The summed E-state index contributed by atoms with van der Waals surface area (Å²) in [6, 6.07) is 3.70. The summed E-state index contributed by atoms with van der Waals surface area (Å²) in [6.45, 7) is 3.40. The number of carbonyl (C=O) groups is 1. The van der Waals surface area contributed by atoms with Crippen molar-refractivity contribution in [3.63, 3.8) is 0 Å². The highest BCUT2D eigenvalue weighted by molar-refractivity contribution is 5.92. The molecule has 1 N–H and O–H groups in total. The molecule has 0 unspecified atom stereocenters. The van der Waals surface area contributed by atoms with E-state index in [2.05, 4.69) is 10.5 Å². The third kappa shape index (κ3) is 1.46. The van der Waals surface area contributed by atoms with Gasteiger partial charge in [0.1, 0.15) is 0 Å². The van der Waals surface area contributed by atoms with Crippen molar-refractivity contribution in [2.75, 3.05) is 5.32 Å². The molecule has 14 heavy (non-hydrogen) atoms. The molecule has 2 rings (SSSR count). The zero-order valence-electron chi connectivity index (χ0n) is 8.00. The lowest BCUT2D eigenvalue weighted by Gasteiger charge is -2.04. The Morgan fingerprint density at radius 1 is 1.50 bits per heavy atom. The maximum atomic E-state index is 10.9. The topological polar surface area (TPSA) is 55.1 Å². The van der Waals surface area contributed by atoms with Crippen LogP contribution >= 0.6 is 0 Å². The highest BCUT2D eigenvalue weighted by Crippen LogP contribution is 2.22. The molecule has 1 amide bonds. The van der Waals surface area contributed by atoms with Crippen LogP contribution in [0, 0.1) is 6.92 Å². The van der Waals surface area contributed by atoms with Gasteiger partial charge in [-0.05, 0) is 18.6 Å². The van der Waals surface area contributed by atoms with E-state index in [-0.39, 0.29) is 5.91 Å². The Morgan fingerprint density at radius 2 is 2.29 bits per heavy atom. The predicted molar refractivity (Wildman–Crippen MR) is 53.0 cm³/mol. The second kappa shape index (κ2) is 3.14. The molecule has 0 atom stereocenters. The molecule has 0 aliphatic carbocycles. The van der Waals surface area contributed by atoms with Crippen LogP contribution in [0.1, 0.15) is 12.5 Å². The van der Waals surface area contributed by atoms with Crippen LogP contribution in [0.2, 0.25) is 0 Å². The molecule has 1 heterocycles. The molecule has 0 radical (unpaired) electrons. The van der Waals surface area contributed by atoms with E-state index < -0.39 is 0 Å². The largest absolute Gasteiger partial charge is 0.356 e. The normalized spacial score (nSPS) is 10.4. The zero-order chi connectivity index (χ0) is 10.1. The number of hydrogen-bond acceptors (Lipinski definition) is 3. The lowest BCUT2D eigenvalue weighted by molar-refractivity contribution is -0.114. The van der Waals surface area contributed by atoms with Gasteiger partial charge in [0, 0.05) is 24.1 Å². The quantitative estimate of drug-likeness (QED) is 0.749.